The molecule has 4 rings (SSSR count). The van der Waals surface area contributed by atoms with E-state index in [9.17, 15) is 4.79 Å². The Kier molecular flexibility index (Phi) is 4.89. The highest BCUT2D eigenvalue weighted by Gasteiger charge is 2.29. The fraction of sp³-hybridized carbons (Fsp3) is 0.500. The lowest BCUT2D eigenvalue weighted by Gasteiger charge is -2.32. The Morgan fingerprint density at radius 1 is 1.32 bits per heavy atom. The Balaban J connectivity index is 1.62. The number of pyridine rings is 1. The van der Waals surface area contributed by atoms with Crippen LogP contribution >= 0.6 is 0 Å². The van der Waals surface area contributed by atoms with E-state index >= 15 is 0 Å². The monoisotopic (exact) mass is 382 g/mol. The highest BCUT2D eigenvalue weighted by atomic mass is 16.3. The van der Waals surface area contributed by atoms with Crippen molar-refractivity contribution in [2.75, 3.05) is 19.7 Å². The molecule has 0 aliphatic carbocycles. The van der Waals surface area contributed by atoms with Gasteiger partial charge in [-0.3, -0.25) is 14.2 Å². The molecule has 148 valence electrons. The normalized spacial score (nSPS) is 17.4. The molecule has 1 aliphatic rings. The van der Waals surface area contributed by atoms with Gasteiger partial charge < -0.3 is 10.0 Å². The zero-order chi connectivity index (χ0) is 19.8. The van der Waals surface area contributed by atoms with Crippen LogP contribution < -0.4 is 0 Å². The predicted octanol–water partition coefficient (Wildman–Crippen LogP) is 1.79. The number of aliphatic hydroxyl groups is 1. The van der Waals surface area contributed by atoms with Gasteiger partial charge in [-0.05, 0) is 38.8 Å². The van der Waals surface area contributed by atoms with Crippen molar-refractivity contribution in [3.8, 4) is 0 Å². The van der Waals surface area contributed by atoms with Gasteiger partial charge in [0, 0.05) is 37.9 Å². The molecule has 1 N–H and O–H groups in total. The van der Waals surface area contributed by atoms with Crippen LogP contribution in [0.3, 0.4) is 0 Å². The smallest absolute Gasteiger partial charge is 0.254 e. The Labute approximate surface area is 163 Å². The summed E-state index contributed by atoms with van der Waals surface area (Å²) in [4.78, 5) is 19.9. The average molecular weight is 382 g/mol. The highest BCUT2D eigenvalue weighted by molar-refractivity contribution is 6.06. The number of likely N-dealkylation sites (tertiary alicyclic amines) is 1. The van der Waals surface area contributed by atoms with Crippen LogP contribution in [-0.4, -0.2) is 60.2 Å². The summed E-state index contributed by atoms with van der Waals surface area (Å²) in [6.07, 6.45) is 3.85. The number of aromatic nitrogens is 5. The molecule has 8 heteroatoms. The topological polar surface area (TPSA) is 89.1 Å². The molecule has 0 radical (unpaired) electrons. The minimum atomic E-state index is 0.0334. The quantitative estimate of drug-likeness (QED) is 0.743. The number of hydrogen-bond donors (Lipinski definition) is 1. The maximum atomic E-state index is 13.4. The Morgan fingerprint density at radius 3 is 2.93 bits per heavy atom. The summed E-state index contributed by atoms with van der Waals surface area (Å²) in [6.45, 7) is 5.78. The number of fused-ring (bicyclic) bond motifs is 1. The highest BCUT2D eigenvalue weighted by Crippen LogP contribution is 2.29. The minimum Gasteiger partial charge on any atom is -0.394 e. The third-order valence-corrected chi connectivity index (χ3v) is 5.44. The van der Waals surface area contributed by atoms with E-state index in [4.69, 9.17) is 5.11 Å². The molecule has 0 saturated carbocycles. The van der Waals surface area contributed by atoms with Gasteiger partial charge in [0.05, 0.1) is 35.5 Å². The van der Waals surface area contributed by atoms with Crippen LogP contribution in [0.25, 0.3) is 11.0 Å². The number of carbonyl (C=O) groups excluding carboxylic acids is 1. The third-order valence-electron chi connectivity index (χ3n) is 5.44. The summed E-state index contributed by atoms with van der Waals surface area (Å²) < 4.78 is 3.49. The van der Waals surface area contributed by atoms with Crippen molar-refractivity contribution in [3.05, 3.63) is 41.0 Å². The number of amides is 1. The number of rotatable bonds is 4. The lowest BCUT2D eigenvalue weighted by atomic mass is 9.94. The second-order valence-electron chi connectivity index (χ2n) is 7.54. The van der Waals surface area contributed by atoms with Crippen molar-refractivity contribution in [1.82, 2.24) is 29.4 Å². The van der Waals surface area contributed by atoms with Gasteiger partial charge in [-0.1, -0.05) is 0 Å². The summed E-state index contributed by atoms with van der Waals surface area (Å²) in [5, 5.41) is 18.9. The van der Waals surface area contributed by atoms with Gasteiger partial charge >= 0.3 is 0 Å². The van der Waals surface area contributed by atoms with Crippen LogP contribution in [0.2, 0.25) is 0 Å². The molecule has 1 amide bonds. The summed E-state index contributed by atoms with van der Waals surface area (Å²) in [7, 11) is 1.86. The molecular weight excluding hydrogens is 356 g/mol. The molecule has 1 aliphatic heterocycles. The molecule has 1 atom stereocenters. The number of piperidine rings is 1. The predicted molar refractivity (Wildman–Crippen MR) is 105 cm³/mol. The Morgan fingerprint density at radius 2 is 2.14 bits per heavy atom. The molecule has 28 heavy (non-hydrogen) atoms. The molecule has 1 saturated heterocycles. The van der Waals surface area contributed by atoms with Gasteiger partial charge in [0.25, 0.3) is 5.91 Å². The van der Waals surface area contributed by atoms with Crippen molar-refractivity contribution >= 4 is 16.9 Å². The van der Waals surface area contributed by atoms with Crippen LogP contribution in [0.5, 0.6) is 0 Å². The molecule has 0 bridgehead atoms. The number of aliphatic hydroxyl groups excluding tert-OH is 1. The van der Waals surface area contributed by atoms with Gasteiger partial charge in [0.1, 0.15) is 0 Å². The lowest BCUT2D eigenvalue weighted by Crippen LogP contribution is -2.39. The first-order valence-corrected chi connectivity index (χ1v) is 9.72. The molecule has 1 fully saturated rings. The van der Waals surface area contributed by atoms with E-state index in [0.717, 1.165) is 47.5 Å². The van der Waals surface area contributed by atoms with Crippen LogP contribution in [0.4, 0.5) is 0 Å². The van der Waals surface area contributed by atoms with E-state index in [1.165, 1.54) is 0 Å². The maximum absolute atomic E-state index is 13.4. The van der Waals surface area contributed by atoms with Gasteiger partial charge in [0.15, 0.2) is 5.65 Å². The second kappa shape index (κ2) is 7.35. The van der Waals surface area contributed by atoms with Crippen LogP contribution in [0.15, 0.2) is 18.3 Å². The third kappa shape index (κ3) is 3.28. The van der Waals surface area contributed by atoms with E-state index in [2.05, 4.69) is 15.2 Å². The van der Waals surface area contributed by atoms with Crippen molar-refractivity contribution in [3.63, 3.8) is 0 Å². The molecule has 0 unspecified atom stereocenters. The van der Waals surface area contributed by atoms with E-state index in [-0.39, 0.29) is 18.4 Å². The molecule has 8 nitrogen and oxygen atoms in total. The molecule has 0 aromatic carbocycles. The summed E-state index contributed by atoms with van der Waals surface area (Å²) >= 11 is 0. The van der Waals surface area contributed by atoms with E-state index < -0.39 is 0 Å². The van der Waals surface area contributed by atoms with Crippen molar-refractivity contribution < 1.29 is 9.90 Å². The summed E-state index contributed by atoms with van der Waals surface area (Å²) in [6, 6.07) is 3.87. The molecule has 3 aromatic heterocycles. The lowest BCUT2D eigenvalue weighted by molar-refractivity contribution is 0.0707. The molecule has 4 heterocycles. The van der Waals surface area contributed by atoms with Crippen LogP contribution in [0.1, 0.15) is 46.2 Å². The summed E-state index contributed by atoms with van der Waals surface area (Å²) in [5.41, 5.74) is 4.05. The largest absolute Gasteiger partial charge is 0.394 e. The Hall–Kier alpha value is -2.74. The van der Waals surface area contributed by atoms with E-state index in [0.29, 0.717) is 18.7 Å². The van der Waals surface area contributed by atoms with Crippen molar-refractivity contribution in [2.24, 2.45) is 7.05 Å². The maximum Gasteiger partial charge on any atom is 0.254 e. The zero-order valence-electron chi connectivity index (χ0n) is 16.6. The number of carbonyl (C=O) groups is 1. The van der Waals surface area contributed by atoms with Crippen molar-refractivity contribution in [2.45, 2.75) is 39.2 Å². The molecular formula is C20H26N6O2. The fourth-order valence-corrected chi connectivity index (χ4v) is 4.13. The van der Waals surface area contributed by atoms with Crippen LogP contribution in [0, 0.1) is 13.8 Å². The van der Waals surface area contributed by atoms with E-state index in [1.807, 2.05) is 44.1 Å². The first-order valence-electron chi connectivity index (χ1n) is 9.72. The first-order chi connectivity index (χ1) is 13.5. The number of aryl methyl sites for hydroxylation is 3. The fourth-order valence-electron chi connectivity index (χ4n) is 4.13. The first kappa shape index (κ1) is 18.6. The van der Waals surface area contributed by atoms with E-state index in [1.54, 1.807) is 9.36 Å². The van der Waals surface area contributed by atoms with Crippen LogP contribution in [-0.2, 0) is 13.6 Å². The zero-order valence-corrected chi connectivity index (χ0v) is 16.6. The number of nitrogens with zero attached hydrogens (tertiary/aromatic N) is 6. The SMILES string of the molecule is Cc1cc(C(=O)N2CCC[C@H](c3ccn(CCO)n3)C2)c2c(C)nn(C)c2n1. The Bertz CT molecular complexity index is 1020. The minimum absolute atomic E-state index is 0.0334. The van der Waals surface area contributed by atoms with Gasteiger partial charge in [-0.2, -0.15) is 10.2 Å². The average Bonchev–Trinajstić information content (AvgIpc) is 3.26. The molecule has 0 spiro atoms. The van der Waals surface area contributed by atoms with Gasteiger partial charge in [0.2, 0.25) is 0 Å². The number of hydrogen-bond acceptors (Lipinski definition) is 5. The molecule has 3 aromatic rings. The van der Waals surface area contributed by atoms with Gasteiger partial charge in [-0.25, -0.2) is 4.98 Å². The summed E-state index contributed by atoms with van der Waals surface area (Å²) in [5.74, 6) is 0.247. The van der Waals surface area contributed by atoms with Crippen molar-refractivity contribution in [1.29, 1.82) is 0 Å². The van der Waals surface area contributed by atoms with Gasteiger partial charge in [-0.15, -0.1) is 0 Å². The standard InChI is InChI=1S/C20H26N6O2/c1-13-11-16(18-14(2)22-24(3)19(18)21-13)20(28)25-7-4-5-15(12-25)17-6-8-26(23-17)9-10-27/h6,8,11,15,27H,4-5,7,9-10,12H2,1-3H3/t15-/m0/s1. The second-order valence-corrected chi connectivity index (χ2v) is 7.54.